The van der Waals surface area contributed by atoms with E-state index in [-0.39, 0.29) is 11.5 Å². The van der Waals surface area contributed by atoms with Crippen LogP contribution < -0.4 is 5.32 Å². The summed E-state index contributed by atoms with van der Waals surface area (Å²) in [7, 11) is 0. The van der Waals surface area contributed by atoms with Crippen LogP contribution in [0.5, 0.6) is 5.75 Å². The van der Waals surface area contributed by atoms with E-state index < -0.39 is 0 Å². The normalized spacial score (nSPS) is 10.2. The first-order chi connectivity index (χ1) is 9.15. The molecule has 0 bridgehead atoms. The third kappa shape index (κ3) is 3.85. The molecule has 0 aliphatic heterocycles. The number of phenols is 1. The van der Waals surface area contributed by atoms with Crippen molar-refractivity contribution in [1.82, 2.24) is 0 Å². The summed E-state index contributed by atoms with van der Waals surface area (Å²) >= 11 is 0. The number of Topliss-reactive ketones (excluding diaryl/α,β-unsaturated/α-hetero) is 1. The van der Waals surface area contributed by atoms with Crippen molar-refractivity contribution in [3.8, 4) is 5.75 Å². The van der Waals surface area contributed by atoms with Gasteiger partial charge in [0.2, 0.25) is 0 Å². The second kappa shape index (κ2) is 6.05. The van der Waals surface area contributed by atoms with Gasteiger partial charge in [-0.2, -0.15) is 0 Å². The zero-order valence-corrected chi connectivity index (χ0v) is 10.9. The van der Waals surface area contributed by atoms with Crippen LogP contribution in [0.2, 0.25) is 0 Å². The Labute approximate surface area is 112 Å². The Bertz CT molecular complexity index is 544. The molecule has 0 heterocycles. The summed E-state index contributed by atoms with van der Waals surface area (Å²) in [5.74, 6) is 0.368. The van der Waals surface area contributed by atoms with Crippen molar-refractivity contribution in [3.63, 3.8) is 0 Å². The Morgan fingerprint density at radius 3 is 2.26 bits per heavy atom. The largest absolute Gasteiger partial charge is 0.508 e. The molecule has 0 aromatic heterocycles. The topological polar surface area (TPSA) is 49.3 Å². The summed E-state index contributed by atoms with van der Waals surface area (Å²) in [6, 6.07) is 14.7. The second-order valence-electron chi connectivity index (χ2n) is 4.48. The average Bonchev–Trinajstić information content (AvgIpc) is 2.41. The Hall–Kier alpha value is -2.29. The molecule has 0 saturated carbocycles. The van der Waals surface area contributed by atoms with Gasteiger partial charge in [0.25, 0.3) is 0 Å². The highest BCUT2D eigenvalue weighted by Crippen LogP contribution is 2.12. The van der Waals surface area contributed by atoms with Crippen LogP contribution in [-0.2, 0) is 6.42 Å². The maximum absolute atomic E-state index is 11.1. The fourth-order valence-electron chi connectivity index (χ4n) is 1.84. The number of carbonyl (C=O) groups is 1. The van der Waals surface area contributed by atoms with E-state index in [0.29, 0.717) is 0 Å². The van der Waals surface area contributed by atoms with E-state index >= 15 is 0 Å². The van der Waals surface area contributed by atoms with Crippen molar-refractivity contribution in [2.24, 2.45) is 0 Å². The fourth-order valence-corrected chi connectivity index (χ4v) is 1.84. The highest BCUT2D eigenvalue weighted by molar-refractivity contribution is 5.94. The van der Waals surface area contributed by atoms with Gasteiger partial charge in [0.05, 0.1) is 0 Å². The maximum atomic E-state index is 11.1. The number of benzene rings is 2. The Morgan fingerprint density at radius 2 is 1.68 bits per heavy atom. The highest BCUT2D eigenvalue weighted by atomic mass is 16.3. The second-order valence-corrected chi connectivity index (χ2v) is 4.48. The minimum Gasteiger partial charge on any atom is -0.508 e. The van der Waals surface area contributed by atoms with Crippen molar-refractivity contribution < 1.29 is 9.90 Å². The molecule has 2 aromatic rings. The monoisotopic (exact) mass is 255 g/mol. The van der Waals surface area contributed by atoms with Gasteiger partial charge in [0.1, 0.15) is 5.75 Å². The molecule has 0 aliphatic carbocycles. The van der Waals surface area contributed by atoms with Crippen LogP contribution in [0.15, 0.2) is 48.5 Å². The average molecular weight is 255 g/mol. The van der Waals surface area contributed by atoms with Crippen molar-refractivity contribution >= 4 is 11.5 Å². The Balaban J connectivity index is 1.85. The minimum atomic E-state index is 0.0793. The lowest BCUT2D eigenvalue weighted by Gasteiger charge is -2.07. The number of carbonyl (C=O) groups excluding carboxylic acids is 1. The van der Waals surface area contributed by atoms with Crippen molar-refractivity contribution in [3.05, 3.63) is 59.7 Å². The van der Waals surface area contributed by atoms with E-state index in [4.69, 9.17) is 0 Å². The van der Waals surface area contributed by atoms with Crippen LogP contribution in [-0.4, -0.2) is 17.4 Å². The van der Waals surface area contributed by atoms with Crippen molar-refractivity contribution in [1.29, 1.82) is 0 Å². The molecule has 2 aromatic carbocycles. The van der Waals surface area contributed by atoms with Gasteiger partial charge in [-0.25, -0.2) is 0 Å². The minimum absolute atomic E-state index is 0.0793. The number of phenolic OH excluding ortho intramolecular Hbond substituents is 1. The van der Waals surface area contributed by atoms with E-state index in [1.807, 2.05) is 36.4 Å². The molecule has 3 heteroatoms. The standard InChI is InChI=1S/C16H17NO2/c1-12(18)14-4-6-15(7-5-14)17-11-10-13-2-8-16(19)9-3-13/h2-9,17,19H,10-11H2,1H3. The number of rotatable bonds is 5. The van der Waals surface area contributed by atoms with E-state index in [2.05, 4.69) is 5.32 Å². The van der Waals surface area contributed by atoms with Crippen LogP contribution in [0.4, 0.5) is 5.69 Å². The molecular formula is C16H17NO2. The molecule has 0 fully saturated rings. The summed E-state index contributed by atoms with van der Waals surface area (Å²) < 4.78 is 0. The van der Waals surface area contributed by atoms with Gasteiger partial charge in [0, 0.05) is 17.8 Å². The van der Waals surface area contributed by atoms with Gasteiger partial charge in [-0.05, 0) is 55.3 Å². The summed E-state index contributed by atoms with van der Waals surface area (Å²) in [5.41, 5.74) is 2.90. The fraction of sp³-hybridized carbons (Fsp3) is 0.188. The summed E-state index contributed by atoms with van der Waals surface area (Å²) in [5, 5.41) is 12.5. The van der Waals surface area contributed by atoms with Gasteiger partial charge in [0.15, 0.2) is 5.78 Å². The predicted octanol–water partition coefficient (Wildman–Crippen LogP) is 3.25. The van der Waals surface area contributed by atoms with Gasteiger partial charge in [-0.15, -0.1) is 0 Å². The highest BCUT2D eigenvalue weighted by Gasteiger charge is 1.99. The molecule has 0 spiro atoms. The molecule has 0 unspecified atom stereocenters. The number of aromatic hydroxyl groups is 1. The van der Waals surface area contributed by atoms with Crippen LogP contribution in [0, 0.1) is 0 Å². The first-order valence-electron chi connectivity index (χ1n) is 6.28. The van der Waals surface area contributed by atoms with Gasteiger partial charge >= 0.3 is 0 Å². The lowest BCUT2D eigenvalue weighted by atomic mass is 10.1. The molecule has 3 nitrogen and oxygen atoms in total. The quantitative estimate of drug-likeness (QED) is 0.806. The Morgan fingerprint density at radius 1 is 1.05 bits per heavy atom. The van der Waals surface area contributed by atoms with Crippen LogP contribution in [0.25, 0.3) is 0 Å². The van der Waals surface area contributed by atoms with Crippen LogP contribution in [0.3, 0.4) is 0 Å². The number of hydrogen-bond acceptors (Lipinski definition) is 3. The molecule has 98 valence electrons. The van der Waals surface area contributed by atoms with E-state index in [9.17, 15) is 9.90 Å². The lowest BCUT2D eigenvalue weighted by molar-refractivity contribution is 0.101. The molecule has 2 rings (SSSR count). The zero-order valence-electron chi connectivity index (χ0n) is 10.9. The molecular weight excluding hydrogens is 238 g/mol. The smallest absolute Gasteiger partial charge is 0.159 e. The summed E-state index contributed by atoms with van der Waals surface area (Å²) in [6.45, 7) is 2.37. The Kier molecular flexibility index (Phi) is 4.18. The van der Waals surface area contributed by atoms with Crippen molar-refractivity contribution in [2.45, 2.75) is 13.3 Å². The van der Waals surface area contributed by atoms with Crippen LogP contribution in [0.1, 0.15) is 22.8 Å². The van der Waals surface area contributed by atoms with Gasteiger partial charge in [-0.3, -0.25) is 4.79 Å². The van der Waals surface area contributed by atoms with E-state index in [1.165, 1.54) is 5.56 Å². The predicted molar refractivity (Wildman–Crippen MR) is 76.7 cm³/mol. The summed E-state index contributed by atoms with van der Waals surface area (Å²) in [4.78, 5) is 11.1. The molecule has 0 atom stereocenters. The summed E-state index contributed by atoms with van der Waals surface area (Å²) in [6.07, 6.45) is 0.884. The molecule has 0 aliphatic rings. The molecule has 0 saturated heterocycles. The first-order valence-corrected chi connectivity index (χ1v) is 6.28. The zero-order chi connectivity index (χ0) is 13.7. The van der Waals surface area contributed by atoms with Gasteiger partial charge < -0.3 is 10.4 Å². The van der Waals surface area contributed by atoms with E-state index in [0.717, 1.165) is 24.2 Å². The number of ketones is 1. The molecule has 0 amide bonds. The molecule has 0 radical (unpaired) electrons. The van der Waals surface area contributed by atoms with Gasteiger partial charge in [-0.1, -0.05) is 12.1 Å². The number of hydrogen-bond donors (Lipinski definition) is 2. The third-order valence-electron chi connectivity index (χ3n) is 2.97. The lowest BCUT2D eigenvalue weighted by Crippen LogP contribution is -2.05. The van der Waals surface area contributed by atoms with Crippen molar-refractivity contribution in [2.75, 3.05) is 11.9 Å². The number of anilines is 1. The number of nitrogens with one attached hydrogen (secondary N) is 1. The maximum Gasteiger partial charge on any atom is 0.159 e. The SMILES string of the molecule is CC(=O)c1ccc(NCCc2ccc(O)cc2)cc1. The third-order valence-corrected chi connectivity index (χ3v) is 2.97. The van der Waals surface area contributed by atoms with E-state index in [1.54, 1.807) is 19.1 Å². The molecule has 2 N–H and O–H groups in total. The van der Waals surface area contributed by atoms with Crippen LogP contribution >= 0.6 is 0 Å². The first kappa shape index (κ1) is 13.1. The molecule has 19 heavy (non-hydrogen) atoms.